The molecule has 0 spiro atoms. The van der Waals surface area contributed by atoms with Gasteiger partial charge in [0.25, 0.3) is 0 Å². The zero-order chi connectivity index (χ0) is 8.81. The Morgan fingerprint density at radius 3 is 2.83 bits per heavy atom. The fourth-order valence-electron chi connectivity index (χ4n) is 1.72. The molecule has 1 aliphatic heterocycles. The van der Waals surface area contributed by atoms with Crippen LogP contribution in [-0.2, 0) is 4.74 Å². The van der Waals surface area contributed by atoms with Gasteiger partial charge in [-0.1, -0.05) is 6.42 Å². The van der Waals surface area contributed by atoms with E-state index in [1.807, 2.05) is 0 Å². The van der Waals surface area contributed by atoms with E-state index in [1.165, 1.54) is 19.3 Å². The second kappa shape index (κ2) is 5.51. The molecule has 0 unspecified atom stereocenters. The molecule has 1 saturated heterocycles. The largest absolute Gasteiger partial charge is 0.385 e. The third kappa shape index (κ3) is 3.09. The lowest BCUT2D eigenvalue weighted by molar-refractivity contribution is 0.190. The van der Waals surface area contributed by atoms with Crippen LogP contribution in [0.5, 0.6) is 0 Å². The standard InChI is InChI=1S/C9H20N2O/c1-12-5-3-2-4-8-6-11-7-9(8)10/h8-9,11H,2-7,10H2,1H3/t8-,9+/m1/s1. The van der Waals surface area contributed by atoms with Crippen molar-refractivity contribution in [3.63, 3.8) is 0 Å². The Labute approximate surface area is 74.7 Å². The van der Waals surface area contributed by atoms with Gasteiger partial charge >= 0.3 is 0 Å². The lowest BCUT2D eigenvalue weighted by Crippen LogP contribution is -2.28. The summed E-state index contributed by atoms with van der Waals surface area (Å²) in [6.45, 7) is 2.98. The number of ether oxygens (including phenoxy) is 1. The van der Waals surface area contributed by atoms with Gasteiger partial charge in [0, 0.05) is 26.3 Å². The lowest BCUT2D eigenvalue weighted by Gasteiger charge is -2.12. The average molecular weight is 172 g/mol. The van der Waals surface area contributed by atoms with E-state index in [0.29, 0.717) is 12.0 Å². The molecule has 1 heterocycles. The number of nitrogens with two attached hydrogens (primary N) is 1. The number of methoxy groups -OCH3 is 1. The topological polar surface area (TPSA) is 47.3 Å². The van der Waals surface area contributed by atoms with Crippen LogP contribution in [0.15, 0.2) is 0 Å². The van der Waals surface area contributed by atoms with Crippen LogP contribution in [0.3, 0.4) is 0 Å². The van der Waals surface area contributed by atoms with E-state index in [-0.39, 0.29) is 0 Å². The zero-order valence-corrected chi connectivity index (χ0v) is 7.88. The smallest absolute Gasteiger partial charge is 0.0462 e. The molecule has 1 fully saturated rings. The number of unbranched alkanes of at least 4 members (excludes halogenated alkanes) is 1. The fraction of sp³-hybridized carbons (Fsp3) is 1.00. The molecule has 0 aromatic heterocycles. The van der Waals surface area contributed by atoms with Crippen LogP contribution in [-0.4, -0.2) is 32.8 Å². The quantitative estimate of drug-likeness (QED) is 0.588. The number of nitrogens with one attached hydrogen (secondary N) is 1. The summed E-state index contributed by atoms with van der Waals surface area (Å²) in [5, 5.41) is 3.31. The van der Waals surface area contributed by atoms with Crippen LogP contribution in [0.25, 0.3) is 0 Å². The van der Waals surface area contributed by atoms with E-state index in [0.717, 1.165) is 19.7 Å². The van der Waals surface area contributed by atoms with Gasteiger partial charge in [-0.05, 0) is 25.3 Å². The van der Waals surface area contributed by atoms with Crippen molar-refractivity contribution in [2.24, 2.45) is 11.7 Å². The first kappa shape index (κ1) is 9.96. The van der Waals surface area contributed by atoms with Crippen LogP contribution in [0.2, 0.25) is 0 Å². The minimum Gasteiger partial charge on any atom is -0.385 e. The normalized spacial score (nSPS) is 29.5. The molecule has 2 atom stereocenters. The van der Waals surface area contributed by atoms with E-state index in [9.17, 15) is 0 Å². The van der Waals surface area contributed by atoms with Crippen molar-refractivity contribution in [2.45, 2.75) is 25.3 Å². The molecule has 72 valence electrons. The summed E-state index contributed by atoms with van der Waals surface area (Å²) >= 11 is 0. The van der Waals surface area contributed by atoms with Gasteiger partial charge in [-0.15, -0.1) is 0 Å². The second-order valence-corrected chi connectivity index (χ2v) is 3.57. The van der Waals surface area contributed by atoms with Crippen LogP contribution in [0.1, 0.15) is 19.3 Å². The second-order valence-electron chi connectivity index (χ2n) is 3.57. The summed E-state index contributed by atoms with van der Waals surface area (Å²) in [5.74, 6) is 0.696. The number of hydrogen-bond donors (Lipinski definition) is 2. The highest BCUT2D eigenvalue weighted by Gasteiger charge is 2.22. The summed E-state index contributed by atoms with van der Waals surface area (Å²) in [7, 11) is 1.75. The van der Waals surface area contributed by atoms with Gasteiger partial charge in [0.1, 0.15) is 0 Å². The van der Waals surface area contributed by atoms with Gasteiger partial charge in [0.05, 0.1) is 0 Å². The van der Waals surface area contributed by atoms with E-state index in [2.05, 4.69) is 5.32 Å². The summed E-state index contributed by atoms with van der Waals surface area (Å²) in [6.07, 6.45) is 3.66. The summed E-state index contributed by atoms with van der Waals surface area (Å²) < 4.78 is 4.99. The minimum absolute atomic E-state index is 0.382. The first-order chi connectivity index (χ1) is 5.84. The molecule has 0 radical (unpaired) electrons. The molecule has 0 amide bonds. The highest BCUT2D eigenvalue weighted by molar-refractivity contribution is 4.83. The van der Waals surface area contributed by atoms with Crippen molar-refractivity contribution in [3.05, 3.63) is 0 Å². The molecular formula is C9H20N2O. The van der Waals surface area contributed by atoms with Gasteiger partial charge in [-0.3, -0.25) is 0 Å². The maximum absolute atomic E-state index is 5.90. The Morgan fingerprint density at radius 2 is 2.25 bits per heavy atom. The maximum atomic E-state index is 5.90. The van der Waals surface area contributed by atoms with Crippen LogP contribution >= 0.6 is 0 Å². The lowest BCUT2D eigenvalue weighted by atomic mass is 9.98. The zero-order valence-electron chi connectivity index (χ0n) is 7.88. The fourth-order valence-corrected chi connectivity index (χ4v) is 1.72. The molecule has 0 aromatic rings. The number of rotatable bonds is 5. The molecule has 1 rings (SSSR count). The summed E-state index contributed by atoms with van der Waals surface area (Å²) in [4.78, 5) is 0. The minimum atomic E-state index is 0.382. The van der Waals surface area contributed by atoms with E-state index in [4.69, 9.17) is 10.5 Å². The molecule has 3 nitrogen and oxygen atoms in total. The van der Waals surface area contributed by atoms with Crippen molar-refractivity contribution in [2.75, 3.05) is 26.8 Å². The SMILES string of the molecule is COCCCC[C@@H]1CNC[C@@H]1N. The van der Waals surface area contributed by atoms with Gasteiger partial charge in [-0.25, -0.2) is 0 Å². The van der Waals surface area contributed by atoms with Crippen molar-refractivity contribution in [1.82, 2.24) is 5.32 Å². The monoisotopic (exact) mass is 172 g/mol. The molecule has 12 heavy (non-hydrogen) atoms. The average Bonchev–Trinajstić information content (AvgIpc) is 2.46. The summed E-state index contributed by atoms with van der Waals surface area (Å²) in [6, 6.07) is 0.382. The predicted octanol–water partition coefficient (Wildman–Crippen LogP) is 0.350. The molecule has 1 aliphatic rings. The van der Waals surface area contributed by atoms with Gasteiger partial charge in [-0.2, -0.15) is 0 Å². The van der Waals surface area contributed by atoms with Gasteiger partial charge in [0.15, 0.2) is 0 Å². The third-order valence-corrected chi connectivity index (χ3v) is 2.57. The molecule has 0 aromatic carbocycles. The maximum Gasteiger partial charge on any atom is 0.0462 e. The Kier molecular flexibility index (Phi) is 4.58. The van der Waals surface area contributed by atoms with Gasteiger partial charge in [0.2, 0.25) is 0 Å². The molecule has 0 bridgehead atoms. The molecule has 0 saturated carbocycles. The Balaban J connectivity index is 1.98. The van der Waals surface area contributed by atoms with Crippen molar-refractivity contribution < 1.29 is 4.74 Å². The van der Waals surface area contributed by atoms with E-state index < -0.39 is 0 Å². The van der Waals surface area contributed by atoms with Crippen molar-refractivity contribution >= 4 is 0 Å². The van der Waals surface area contributed by atoms with Crippen molar-refractivity contribution in [3.8, 4) is 0 Å². The molecule has 3 N–H and O–H groups in total. The number of hydrogen-bond acceptors (Lipinski definition) is 3. The summed E-state index contributed by atoms with van der Waals surface area (Å²) in [5.41, 5.74) is 5.90. The molecule has 0 aliphatic carbocycles. The Morgan fingerprint density at radius 1 is 1.42 bits per heavy atom. The van der Waals surface area contributed by atoms with Crippen LogP contribution in [0, 0.1) is 5.92 Å². The van der Waals surface area contributed by atoms with Gasteiger partial charge < -0.3 is 15.8 Å². The third-order valence-electron chi connectivity index (χ3n) is 2.57. The Hall–Kier alpha value is -0.120. The Bertz CT molecular complexity index is 119. The van der Waals surface area contributed by atoms with Crippen molar-refractivity contribution in [1.29, 1.82) is 0 Å². The van der Waals surface area contributed by atoms with Crippen LogP contribution < -0.4 is 11.1 Å². The van der Waals surface area contributed by atoms with Crippen LogP contribution in [0.4, 0.5) is 0 Å². The predicted molar refractivity (Wildman–Crippen MR) is 50.1 cm³/mol. The van der Waals surface area contributed by atoms with E-state index >= 15 is 0 Å². The van der Waals surface area contributed by atoms with E-state index in [1.54, 1.807) is 7.11 Å². The first-order valence-electron chi connectivity index (χ1n) is 4.80. The molecule has 3 heteroatoms. The molecular weight excluding hydrogens is 152 g/mol. The first-order valence-corrected chi connectivity index (χ1v) is 4.80. The highest BCUT2D eigenvalue weighted by atomic mass is 16.5. The highest BCUT2D eigenvalue weighted by Crippen LogP contribution is 2.14.